The van der Waals surface area contributed by atoms with Crippen LogP contribution in [0, 0.1) is 0 Å². The van der Waals surface area contributed by atoms with E-state index in [4.69, 9.17) is 4.74 Å². The number of benzene rings is 4. The third-order valence-corrected chi connectivity index (χ3v) is 7.16. The summed E-state index contributed by atoms with van der Waals surface area (Å²) in [6.07, 6.45) is 4.08. The van der Waals surface area contributed by atoms with Gasteiger partial charge in [0.1, 0.15) is 11.9 Å². The quantitative estimate of drug-likeness (QED) is 0.171. The van der Waals surface area contributed by atoms with Crippen molar-refractivity contribution in [1.29, 1.82) is 0 Å². The predicted molar refractivity (Wildman–Crippen MR) is 186 cm³/mol. The van der Waals surface area contributed by atoms with E-state index in [1.165, 1.54) is 40.0 Å². The average Bonchev–Trinajstić information content (AvgIpc) is 3.17. The smallest absolute Gasteiger partial charge is 0.416 e. The van der Waals surface area contributed by atoms with Gasteiger partial charge in [-0.05, 0) is 91.8 Å². The van der Waals surface area contributed by atoms with Crippen LogP contribution >= 0.6 is 24.8 Å². The van der Waals surface area contributed by atoms with Crippen molar-refractivity contribution >= 4 is 42.5 Å². The molecule has 0 saturated heterocycles. The highest BCUT2D eigenvalue weighted by Crippen LogP contribution is 2.34. The molecule has 3 nitrogen and oxygen atoms in total. The molecule has 1 aliphatic carbocycles. The van der Waals surface area contributed by atoms with Crippen molar-refractivity contribution in [2.45, 2.75) is 25.1 Å². The van der Waals surface area contributed by atoms with Gasteiger partial charge in [0.15, 0.2) is 0 Å². The summed E-state index contributed by atoms with van der Waals surface area (Å²) in [4.78, 5) is 2.23. The zero-order chi connectivity index (χ0) is 30.7. The fourth-order valence-corrected chi connectivity index (χ4v) is 4.91. The van der Waals surface area contributed by atoms with Gasteiger partial charge in [0.05, 0.1) is 5.56 Å². The largest absolute Gasteiger partial charge is 0.486 e. The van der Waals surface area contributed by atoms with E-state index in [1.807, 2.05) is 37.4 Å². The first-order valence-corrected chi connectivity index (χ1v) is 14.5. The summed E-state index contributed by atoms with van der Waals surface area (Å²) in [5.41, 5.74) is 6.93. The maximum absolute atomic E-state index is 12.6. The number of fused-ring (bicyclic) bond motifs is 2. The van der Waals surface area contributed by atoms with Crippen molar-refractivity contribution in [3.05, 3.63) is 143 Å². The van der Waals surface area contributed by atoms with Gasteiger partial charge in [0.25, 0.3) is 0 Å². The second-order valence-electron chi connectivity index (χ2n) is 10.6. The van der Waals surface area contributed by atoms with E-state index in [0.717, 1.165) is 43.6 Å². The van der Waals surface area contributed by atoms with Crippen LogP contribution in [0.5, 0.6) is 5.75 Å². The summed E-state index contributed by atoms with van der Waals surface area (Å²) in [5.74, 6) is 0.429. The van der Waals surface area contributed by atoms with Crippen LogP contribution in [0.3, 0.4) is 0 Å². The van der Waals surface area contributed by atoms with E-state index in [1.54, 1.807) is 0 Å². The zero-order valence-electron chi connectivity index (χ0n) is 25.8. The number of hydrogen-bond donors (Lipinski definition) is 1. The van der Waals surface area contributed by atoms with Gasteiger partial charge in [-0.2, -0.15) is 13.2 Å². The van der Waals surface area contributed by atoms with Crippen LogP contribution < -0.4 is 10.1 Å². The van der Waals surface area contributed by atoms with Gasteiger partial charge in [-0.25, -0.2) is 0 Å². The Morgan fingerprint density at radius 1 is 0.756 bits per heavy atom. The Bertz CT molecular complexity index is 1450. The van der Waals surface area contributed by atoms with Gasteiger partial charge >= 0.3 is 6.18 Å². The molecule has 8 heteroatoms. The number of nitrogens with one attached hydrogen (secondary N) is 1. The molecule has 1 aliphatic rings. The molecule has 0 radical (unpaired) electrons. The van der Waals surface area contributed by atoms with Crippen molar-refractivity contribution in [2.24, 2.45) is 0 Å². The highest BCUT2D eigenvalue weighted by Gasteiger charge is 2.30. The highest BCUT2D eigenvalue weighted by molar-refractivity contribution is 5.93. The molecule has 0 heterocycles. The molecule has 0 aromatic heterocycles. The lowest BCUT2D eigenvalue weighted by Gasteiger charge is -2.20. The van der Waals surface area contributed by atoms with Crippen LogP contribution in [-0.2, 0) is 6.18 Å². The number of hydrogen-bond acceptors (Lipinski definition) is 3. The van der Waals surface area contributed by atoms with Crippen LogP contribution in [0.15, 0.2) is 109 Å². The van der Waals surface area contributed by atoms with E-state index in [9.17, 15) is 13.2 Å². The molecular formula is C37H41Cl2F3N2O. The molecule has 0 amide bonds. The van der Waals surface area contributed by atoms with E-state index in [0.29, 0.717) is 5.75 Å². The molecule has 5 rings (SSSR count). The van der Waals surface area contributed by atoms with E-state index < -0.39 is 11.7 Å². The van der Waals surface area contributed by atoms with Gasteiger partial charge in [-0.1, -0.05) is 97.1 Å². The van der Waals surface area contributed by atoms with Crippen LogP contribution in [0.25, 0.3) is 17.7 Å². The van der Waals surface area contributed by atoms with E-state index >= 15 is 0 Å². The minimum absolute atomic E-state index is 0. The monoisotopic (exact) mass is 656 g/mol. The summed E-state index contributed by atoms with van der Waals surface area (Å²) < 4.78 is 43.6. The van der Waals surface area contributed by atoms with Gasteiger partial charge in [-0.15, -0.1) is 24.8 Å². The van der Waals surface area contributed by atoms with Crippen LogP contribution in [0.4, 0.5) is 13.2 Å². The second kappa shape index (κ2) is 18.4. The van der Waals surface area contributed by atoms with Gasteiger partial charge in [0, 0.05) is 13.0 Å². The molecular weight excluding hydrogens is 616 g/mol. The van der Waals surface area contributed by atoms with E-state index in [2.05, 4.69) is 91.1 Å². The summed E-state index contributed by atoms with van der Waals surface area (Å²) >= 11 is 0. The van der Waals surface area contributed by atoms with Gasteiger partial charge in [0.2, 0.25) is 0 Å². The van der Waals surface area contributed by atoms with E-state index in [-0.39, 0.29) is 30.9 Å². The number of ether oxygens (including phenoxy) is 1. The average molecular weight is 658 g/mol. The first-order valence-electron chi connectivity index (χ1n) is 14.5. The van der Waals surface area contributed by atoms with Crippen molar-refractivity contribution in [3.8, 4) is 5.75 Å². The number of rotatable bonds is 9. The Labute approximate surface area is 277 Å². The third kappa shape index (κ3) is 11.1. The Morgan fingerprint density at radius 2 is 1.29 bits per heavy atom. The van der Waals surface area contributed by atoms with Crippen molar-refractivity contribution in [1.82, 2.24) is 10.2 Å². The maximum atomic E-state index is 12.6. The Hall–Kier alpha value is -3.55. The van der Waals surface area contributed by atoms with Gasteiger partial charge < -0.3 is 15.0 Å². The second-order valence-corrected chi connectivity index (χ2v) is 10.6. The minimum atomic E-state index is -4.33. The Balaban J connectivity index is 0.000000300. The molecule has 0 bridgehead atoms. The molecule has 1 unspecified atom stereocenters. The van der Waals surface area contributed by atoms with Crippen molar-refractivity contribution in [3.63, 3.8) is 0 Å². The molecule has 0 fully saturated rings. The topological polar surface area (TPSA) is 24.5 Å². The molecule has 0 aliphatic heterocycles. The predicted octanol–water partition coefficient (Wildman–Crippen LogP) is 9.83. The molecule has 4 aromatic carbocycles. The first kappa shape index (κ1) is 37.6. The molecule has 0 saturated carbocycles. The Morgan fingerprint density at radius 3 is 1.80 bits per heavy atom. The summed E-state index contributed by atoms with van der Waals surface area (Å²) in [5, 5.41) is 3.05. The van der Waals surface area contributed by atoms with Crippen LogP contribution in [0.2, 0.25) is 0 Å². The van der Waals surface area contributed by atoms with Crippen LogP contribution in [0.1, 0.15) is 52.3 Å². The van der Waals surface area contributed by atoms with Crippen LogP contribution in [-0.4, -0.2) is 39.1 Å². The molecule has 0 spiro atoms. The number of nitrogens with zero attached hydrogens (tertiary/aromatic N) is 1. The zero-order valence-corrected chi connectivity index (χ0v) is 27.4. The standard InChI is InChI=1S/C20H21N.C17H18F3NO.2ClH/c1-21(2)15-7-12-20-18-10-5-3-8-16(18)13-14-17-9-4-6-11-19(17)20;1-21-12-11-16(13-5-3-2-4-6-13)22-15-9-7-14(8-10-15)17(18,19)20;;/h3-6,8-14H,7,15H2,1-2H3;2-10,16,21H,11-12H2,1H3;2*1H. The minimum Gasteiger partial charge on any atom is -0.486 e. The molecule has 4 aromatic rings. The first-order chi connectivity index (χ1) is 20.8. The van der Waals surface area contributed by atoms with Gasteiger partial charge in [-0.3, -0.25) is 0 Å². The summed E-state index contributed by atoms with van der Waals surface area (Å²) in [7, 11) is 6.09. The molecule has 1 N–H and O–H groups in total. The lowest BCUT2D eigenvalue weighted by atomic mass is 9.93. The summed E-state index contributed by atoms with van der Waals surface area (Å²) in [6, 6.07) is 31.7. The highest BCUT2D eigenvalue weighted by atomic mass is 35.5. The fraction of sp³-hybridized carbons (Fsp3) is 0.243. The lowest BCUT2D eigenvalue weighted by molar-refractivity contribution is -0.137. The van der Waals surface area contributed by atoms with Crippen molar-refractivity contribution in [2.75, 3.05) is 34.2 Å². The number of alkyl halides is 3. The lowest BCUT2D eigenvalue weighted by Crippen LogP contribution is -2.16. The van der Waals surface area contributed by atoms with Crippen molar-refractivity contribution < 1.29 is 17.9 Å². The normalized spacial score (nSPS) is 12.3. The summed E-state index contributed by atoms with van der Waals surface area (Å²) in [6.45, 7) is 1.82. The fourth-order valence-electron chi connectivity index (χ4n) is 4.91. The maximum Gasteiger partial charge on any atom is 0.416 e. The Kier molecular flexibility index (Phi) is 15.4. The third-order valence-electron chi connectivity index (χ3n) is 7.16. The molecule has 45 heavy (non-hydrogen) atoms. The number of halogens is 5. The SMILES string of the molecule is CN(C)CCC=C1c2ccccc2C=Cc2ccccc21.CNCCC(Oc1ccc(C(F)(F)F)cc1)c1ccccc1.Cl.Cl. The molecule has 240 valence electrons. The molecule has 1 atom stereocenters.